The number of hydrogen-bond donors (Lipinski definition) is 7. The summed E-state index contributed by atoms with van der Waals surface area (Å²) in [6.07, 6.45) is 18.2. The zero-order valence-corrected chi connectivity index (χ0v) is 52.8. The Kier molecular flexibility index (Phi) is 28.3. The summed E-state index contributed by atoms with van der Waals surface area (Å²) in [6.45, 7) is 5.12. The highest BCUT2D eigenvalue weighted by atomic mass is 32.2. The fourth-order valence-corrected chi connectivity index (χ4v) is 10.7. The molecular formula is C58H74N6O21S4. The summed E-state index contributed by atoms with van der Waals surface area (Å²) in [4.78, 5) is 88.3. The molecule has 3 aromatic carbocycles. The molecule has 3 aromatic rings. The van der Waals surface area contributed by atoms with Crippen LogP contribution in [0.15, 0.2) is 66.4 Å². The van der Waals surface area contributed by atoms with Crippen molar-refractivity contribution in [1.29, 1.82) is 0 Å². The van der Waals surface area contributed by atoms with E-state index in [4.69, 9.17) is 27.2 Å². The Morgan fingerprint density at radius 3 is 1.69 bits per heavy atom. The van der Waals surface area contributed by atoms with E-state index in [9.17, 15) is 80.6 Å². The summed E-state index contributed by atoms with van der Waals surface area (Å²) >= 11 is 0. The fourth-order valence-electron chi connectivity index (χ4n) is 8.96. The average Bonchev–Trinajstić information content (AvgIpc) is 1.38. The molecule has 0 aliphatic carbocycles. The quantitative estimate of drug-likeness (QED) is 0.0134. The minimum atomic E-state index is -4.52. The molecule has 89 heavy (non-hydrogen) atoms. The van der Waals surface area contributed by atoms with Gasteiger partial charge in [0.15, 0.2) is 0 Å². The Morgan fingerprint density at radius 2 is 1.16 bits per heavy atom. The maximum Gasteiger partial charge on any atom is 0.364 e. The van der Waals surface area contributed by atoms with Crippen LogP contribution in [0.25, 0.3) is 0 Å². The van der Waals surface area contributed by atoms with Gasteiger partial charge in [0.1, 0.15) is 11.5 Å². The lowest BCUT2D eigenvalue weighted by Crippen LogP contribution is -2.36. The molecule has 0 radical (unpaired) electrons. The number of carbonyl (C=O) groups excluding carboxylic acids is 6. The highest BCUT2D eigenvalue weighted by Gasteiger charge is 2.34. The van der Waals surface area contributed by atoms with Crippen LogP contribution in [0.3, 0.4) is 0 Å². The van der Waals surface area contributed by atoms with Crippen LogP contribution in [-0.4, -0.2) is 161 Å². The first kappa shape index (κ1) is 73.6. The average molecular weight is 1320 g/mol. The third-order valence-corrected chi connectivity index (χ3v) is 16.6. The van der Waals surface area contributed by atoms with Crippen molar-refractivity contribution in [1.82, 2.24) is 21.0 Å². The number of nitrogens with one attached hydrogen (secondary N) is 3. The van der Waals surface area contributed by atoms with E-state index in [0.717, 1.165) is 6.07 Å². The second-order valence-electron chi connectivity index (χ2n) is 20.4. The molecule has 27 nitrogen and oxygen atoms in total. The van der Waals surface area contributed by atoms with Gasteiger partial charge in [-0.25, -0.2) is 4.79 Å². The van der Waals surface area contributed by atoms with Crippen LogP contribution in [-0.2, 0) is 61.4 Å². The number of benzene rings is 3. The van der Waals surface area contributed by atoms with Crippen LogP contribution in [0.2, 0.25) is 0 Å². The van der Waals surface area contributed by atoms with Crippen LogP contribution >= 0.6 is 0 Å². The maximum absolute atomic E-state index is 14.4. The first-order valence-corrected chi connectivity index (χ1v) is 34.3. The number of unbranched alkanes of at least 4 members (excludes halogenated alkanes) is 4. The van der Waals surface area contributed by atoms with Crippen LogP contribution in [0.4, 0.5) is 11.4 Å². The maximum atomic E-state index is 14.4. The number of terminal acetylenes is 2. The summed E-state index contributed by atoms with van der Waals surface area (Å²) in [5.74, 6) is -2.66. The van der Waals surface area contributed by atoms with Crippen molar-refractivity contribution in [2.45, 2.75) is 104 Å². The molecule has 0 bridgehead atoms. The number of rotatable bonds is 37. The van der Waals surface area contributed by atoms with Crippen molar-refractivity contribution in [3.63, 3.8) is 0 Å². The van der Waals surface area contributed by atoms with E-state index in [-0.39, 0.29) is 104 Å². The van der Waals surface area contributed by atoms with Crippen molar-refractivity contribution < 1.29 is 95.0 Å². The second kappa shape index (κ2) is 34.2. The Labute approximate surface area is 518 Å². The molecule has 31 heteroatoms. The number of anilines is 2. The van der Waals surface area contributed by atoms with Crippen molar-refractivity contribution in [2.24, 2.45) is 0 Å². The monoisotopic (exact) mass is 1320 g/mol. The lowest BCUT2D eigenvalue weighted by molar-refractivity contribution is -0.172. The van der Waals surface area contributed by atoms with Gasteiger partial charge in [0, 0.05) is 91.7 Å². The minimum absolute atomic E-state index is 0.0362. The largest absolute Gasteiger partial charge is 0.493 e. The smallest absolute Gasteiger partial charge is 0.364 e. The Hall–Kier alpha value is -7.88. The molecule has 1 unspecified atom stereocenters. The Balaban J connectivity index is 1.78. The molecule has 7 N–H and O–H groups in total. The molecule has 4 rings (SSSR count). The van der Waals surface area contributed by atoms with Gasteiger partial charge in [-0.15, -0.1) is 29.8 Å². The van der Waals surface area contributed by atoms with Gasteiger partial charge in [0.25, 0.3) is 70.0 Å². The standard InChI is InChI=1S/C58H74N6O21S4/c1-7-9-11-13-29-83-51-37-45(58(70)85-64-53(65)23-24-54(64)66)38-52(84-30-14-12-10-8-2)48(51)39-61-56(68)46-21-16-22-49(42(46)5)62(27-17-31-86(71,72)73)40(3)19-15-20-41(4)63(28-18-32-87(74,75)76)50-36-44(55(67)59-25-33-88(77,78)79)35-47(43(50)6)57(69)60-26-34-89(80,81)82/h1-2,15-16,19-22,35-38,41H,9-14,17-18,23-34,39H2,3-6H3,(H,59,67)(H,60,69)(H,61,68)(H,71,72,73)(H,74,75,76)(H,77,78,79)(H,80,81,82)/b20-15+,40-19+. The lowest BCUT2D eigenvalue weighted by atomic mass is 9.99. The normalized spacial score (nSPS) is 13.3. The van der Waals surface area contributed by atoms with E-state index in [1.165, 1.54) is 25.1 Å². The number of hydroxylamine groups is 2. The number of carbonyl (C=O) groups is 6. The molecule has 1 saturated heterocycles. The van der Waals surface area contributed by atoms with Crippen LogP contribution in [0.5, 0.6) is 11.5 Å². The fraction of sp³-hybridized carbons (Fsp3) is 0.448. The number of ether oxygens (including phenoxy) is 2. The Bertz CT molecular complexity index is 3650. The van der Waals surface area contributed by atoms with E-state index in [1.54, 1.807) is 67.0 Å². The predicted octanol–water partition coefficient (Wildman–Crippen LogP) is 4.77. The number of hydrogen-bond acceptors (Lipinski definition) is 19. The first-order valence-electron chi connectivity index (χ1n) is 27.9. The van der Waals surface area contributed by atoms with Crippen LogP contribution < -0.4 is 35.2 Å². The van der Waals surface area contributed by atoms with Gasteiger partial charge in [0.2, 0.25) is 0 Å². The summed E-state index contributed by atoms with van der Waals surface area (Å²) in [6, 6.07) is 9.15. The zero-order valence-electron chi connectivity index (χ0n) is 49.6. The van der Waals surface area contributed by atoms with E-state index in [2.05, 4.69) is 27.8 Å². The van der Waals surface area contributed by atoms with E-state index in [1.807, 2.05) is 0 Å². The van der Waals surface area contributed by atoms with Crippen LogP contribution in [0, 0.1) is 38.5 Å². The predicted molar refractivity (Wildman–Crippen MR) is 329 cm³/mol. The molecule has 0 aromatic heterocycles. The summed E-state index contributed by atoms with van der Waals surface area (Å²) in [5, 5.41) is 7.98. The molecular weight excluding hydrogens is 1240 g/mol. The van der Waals surface area contributed by atoms with Gasteiger partial charge in [0.05, 0.1) is 53.9 Å². The molecule has 0 saturated carbocycles. The number of allylic oxidation sites excluding steroid dienone is 3. The van der Waals surface area contributed by atoms with Gasteiger partial charge >= 0.3 is 5.97 Å². The van der Waals surface area contributed by atoms with Crippen molar-refractivity contribution in [3.05, 3.63) is 105 Å². The van der Waals surface area contributed by atoms with Crippen molar-refractivity contribution >= 4 is 87.4 Å². The molecule has 5 amide bonds. The van der Waals surface area contributed by atoms with E-state index >= 15 is 0 Å². The van der Waals surface area contributed by atoms with E-state index in [0.29, 0.717) is 66.1 Å². The SMILES string of the molecule is C#CCCCCOc1cc(C(=O)ON2C(=O)CCC2=O)cc(OCCCCC#C)c1CNC(=O)c1cccc(N(CCCS(=O)(=O)O)/C(C)=C/C=C/C(C)N(CCCS(=O)(=O)O)c2cc(C(=O)NCCS(=O)(=O)O)cc(C(=O)NCCS(=O)(=O)O)c2C)c1C. The van der Waals surface area contributed by atoms with E-state index < -0.39 is 118 Å². The number of amides is 5. The molecule has 486 valence electrons. The van der Waals surface area contributed by atoms with Crippen LogP contribution in [0.1, 0.15) is 136 Å². The van der Waals surface area contributed by atoms with Gasteiger partial charge in [-0.05, 0) is 120 Å². The first-order chi connectivity index (χ1) is 41.7. The zero-order chi connectivity index (χ0) is 66.3. The summed E-state index contributed by atoms with van der Waals surface area (Å²) in [7, 11) is -18.0. The second-order valence-corrected chi connectivity index (χ2v) is 26.7. The summed E-state index contributed by atoms with van der Waals surface area (Å²) in [5.41, 5.74) is 1.51. The van der Waals surface area contributed by atoms with Gasteiger partial charge in [-0.1, -0.05) is 18.2 Å². The lowest BCUT2D eigenvalue weighted by Gasteiger charge is -2.32. The molecule has 1 fully saturated rings. The van der Waals surface area contributed by atoms with Crippen molar-refractivity contribution in [2.75, 3.05) is 72.2 Å². The topological polar surface area (TPSA) is 393 Å². The van der Waals surface area contributed by atoms with Crippen molar-refractivity contribution in [3.8, 4) is 36.2 Å². The van der Waals surface area contributed by atoms with Gasteiger partial charge in [-0.2, -0.15) is 33.7 Å². The summed E-state index contributed by atoms with van der Waals surface area (Å²) < 4.78 is 144. The highest BCUT2D eigenvalue weighted by molar-refractivity contribution is 7.86. The van der Waals surface area contributed by atoms with Gasteiger partial charge in [-0.3, -0.25) is 42.2 Å². The molecule has 0 spiro atoms. The number of nitrogens with zero attached hydrogens (tertiary/aromatic N) is 3. The third kappa shape index (κ3) is 24.9. The minimum Gasteiger partial charge on any atom is -0.493 e. The highest BCUT2D eigenvalue weighted by Crippen LogP contribution is 2.34. The number of imide groups is 1. The molecule has 1 heterocycles. The molecule has 1 aliphatic heterocycles. The Morgan fingerprint density at radius 1 is 0.652 bits per heavy atom. The molecule has 1 atom stereocenters. The third-order valence-electron chi connectivity index (χ3n) is 13.5. The molecule has 1 aliphatic rings. The van der Waals surface area contributed by atoms with Gasteiger partial charge < -0.3 is 40.1 Å².